The van der Waals surface area contributed by atoms with Crippen LogP contribution in [0.1, 0.15) is 11.1 Å². The minimum atomic E-state index is -3.76. The molecule has 0 saturated carbocycles. The van der Waals surface area contributed by atoms with Gasteiger partial charge in [-0.25, -0.2) is 37.5 Å². The Kier molecular flexibility index (Phi) is 7.20. The zero-order valence-corrected chi connectivity index (χ0v) is 18.5. The molecule has 2 aromatic carbocycles. The normalized spacial score (nSPS) is 14.4. The van der Waals surface area contributed by atoms with Gasteiger partial charge in [0.2, 0.25) is 26.0 Å². The molecule has 0 radical (unpaired) electrons. The molecule has 32 heavy (non-hydrogen) atoms. The molecular formula is C20H22N6O4S2. The van der Waals surface area contributed by atoms with Gasteiger partial charge in [0.15, 0.2) is 0 Å². The van der Waals surface area contributed by atoms with E-state index in [0.29, 0.717) is 18.2 Å². The van der Waals surface area contributed by atoms with E-state index in [4.69, 9.17) is 10.3 Å². The predicted octanol–water partition coefficient (Wildman–Crippen LogP) is 0.613. The van der Waals surface area contributed by atoms with Crippen LogP contribution in [0.15, 0.2) is 80.6 Å². The molecule has 0 amide bonds. The number of primary sulfonamides is 2. The quantitative estimate of drug-likeness (QED) is 0.338. The number of hydrazone groups is 1. The highest BCUT2D eigenvalue weighted by atomic mass is 32.2. The van der Waals surface area contributed by atoms with E-state index in [2.05, 4.69) is 20.8 Å². The number of hydrogen-bond donors (Lipinski definition) is 4. The van der Waals surface area contributed by atoms with Crippen LogP contribution in [-0.2, 0) is 20.0 Å². The van der Waals surface area contributed by atoms with Gasteiger partial charge in [-0.2, -0.15) is 5.10 Å². The van der Waals surface area contributed by atoms with Gasteiger partial charge in [0, 0.05) is 6.54 Å². The van der Waals surface area contributed by atoms with E-state index in [1.807, 2.05) is 0 Å². The van der Waals surface area contributed by atoms with Crippen molar-refractivity contribution in [2.45, 2.75) is 9.79 Å². The third-order valence-electron chi connectivity index (χ3n) is 4.28. The van der Waals surface area contributed by atoms with E-state index in [1.54, 1.807) is 48.6 Å². The molecule has 1 aliphatic heterocycles. The molecule has 10 nitrogen and oxygen atoms in total. The third kappa shape index (κ3) is 6.85. The predicted molar refractivity (Wildman–Crippen MR) is 125 cm³/mol. The van der Waals surface area contributed by atoms with Crippen LogP contribution in [0.5, 0.6) is 0 Å². The van der Waals surface area contributed by atoms with E-state index >= 15 is 0 Å². The minimum absolute atomic E-state index is 0.0263. The Morgan fingerprint density at radius 1 is 0.875 bits per heavy atom. The molecule has 12 heteroatoms. The SMILES string of the molecule is NS(=O)(=O)c1ccc(/C=C/C(/C=C/c2ccc(S(N)(=O)=O)cc2)=NNC2=NCCN2)cc1. The van der Waals surface area contributed by atoms with Gasteiger partial charge in [0.05, 0.1) is 22.0 Å². The third-order valence-corrected chi connectivity index (χ3v) is 6.13. The molecule has 2 aromatic rings. The number of aliphatic imine (C=N–C) groups is 1. The number of benzene rings is 2. The van der Waals surface area contributed by atoms with E-state index < -0.39 is 20.0 Å². The summed E-state index contributed by atoms with van der Waals surface area (Å²) < 4.78 is 45.5. The fourth-order valence-corrected chi connectivity index (χ4v) is 3.65. The zero-order chi connectivity index (χ0) is 23.2. The second-order valence-corrected chi connectivity index (χ2v) is 9.82. The van der Waals surface area contributed by atoms with Gasteiger partial charge in [0.1, 0.15) is 0 Å². The highest BCUT2D eigenvalue weighted by molar-refractivity contribution is 7.89. The highest BCUT2D eigenvalue weighted by Gasteiger charge is 2.07. The topological polar surface area (TPSA) is 169 Å². The molecule has 1 aliphatic rings. The first kappa shape index (κ1) is 23.3. The molecule has 168 valence electrons. The van der Waals surface area contributed by atoms with E-state index in [0.717, 1.165) is 17.7 Å². The van der Waals surface area contributed by atoms with Crippen molar-refractivity contribution >= 4 is 43.9 Å². The molecule has 0 bridgehead atoms. The number of nitrogens with two attached hydrogens (primary N) is 2. The van der Waals surface area contributed by atoms with Crippen LogP contribution >= 0.6 is 0 Å². The lowest BCUT2D eigenvalue weighted by Gasteiger charge is -2.02. The molecule has 0 spiro atoms. The Bertz CT molecular complexity index is 1210. The van der Waals surface area contributed by atoms with Gasteiger partial charge in [-0.15, -0.1) is 0 Å². The van der Waals surface area contributed by atoms with Crippen LogP contribution < -0.4 is 21.0 Å². The molecule has 0 unspecified atom stereocenters. The smallest absolute Gasteiger partial charge is 0.238 e. The van der Waals surface area contributed by atoms with Crippen molar-refractivity contribution in [3.05, 3.63) is 71.8 Å². The summed E-state index contributed by atoms with van der Waals surface area (Å²) in [5.41, 5.74) is 4.87. The number of sulfonamides is 2. The lowest BCUT2D eigenvalue weighted by molar-refractivity contribution is 0.596. The number of guanidine groups is 1. The summed E-state index contributed by atoms with van der Waals surface area (Å²) in [6.07, 6.45) is 6.96. The zero-order valence-electron chi connectivity index (χ0n) is 16.8. The summed E-state index contributed by atoms with van der Waals surface area (Å²) in [6.45, 7) is 1.39. The molecule has 0 fully saturated rings. The molecule has 0 aromatic heterocycles. The number of rotatable bonds is 7. The number of nitrogens with one attached hydrogen (secondary N) is 2. The first-order valence-electron chi connectivity index (χ1n) is 9.35. The van der Waals surface area contributed by atoms with Crippen molar-refractivity contribution in [1.82, 2.24) is 10.7 Å². The van der Waals surface area contributed by atoms with Crippen molar-refractivity contribution in [3.8, 4) is 0 Å². The van der Waals surface area contributed by atoms with Crippen LogP contribution in [0.3, 0.4) is 0 Å². The Labute approximate surface area is 186 Å². The summed E-state index contributed by atoms with van der Waals surface area (Å²) >= 11 is 0. The molecule has 3 rings (SSSR count). The van der Waals surface area contributed by atoms with Gasteiger partial charge >= 0.3 is 0 Å². The maximum Gasteiger partial charge on any atom is 0.238 e. The van der Waals surface area contributed by atoms with Gasteiger partial charge in [-0.1, -0.05) is 36.4 Å². The molecular weight excluding hydrogens is 452 g/mol. The molecule has 0 atom stereocenters. The Morgan fingerprint density at radius 3 is 1.72 bits per heavy atom. The summed E-state index contributed by atoms with van der Waals surface area (Å²) in [6, 6.07) is 12.2. The van der Waals surface area contributed by atoms with Gasteiger partial charge in [-0.3, -0.25) is 0 Å². The van der Waals surface area contributed by atoms with Gasteiger partial charge in [0.25, 0.3) is 0 Å². The Hall–Kier alpha value is -3.32. The average molecular weight is 475 g/mol. The lowest BCUT2D eigenvalue weighted by Crippen LogP contribution is -2.30. The molecule has 6 N–H and O–H groups in total. The van der Waals surface area contributed by atoms with Gasteiger partial charge in [-0.05, 0) is 47.5 Å². The Balaban J connectivity index is 1.81. The first-order chi connectivity index (χ1) is 15.1. The van der Waals surface area contributed by atoms with E-state index in [1.165, 1.54) is 24.3 Å². The number of allylic oxidation sites excluding steroid dienone is 2. The maximum atomic E-state index is 11.4. The number of nitrogens with zero attached hydrogens (tertiary/aromatic N) is 2. The summed E-state index contributed by atoms with van der Waals surface area (Å²) in [4.78, 5) is 4.26. The minimum Gasteiger partial charge on any atom is -0.353 e. The highest BCUT2D eigenvalue weighted by Crippen LogP contribution is 2.12. The van der Waals surface area contributed by atoms with Crippen molar-refractivity contribution in [2.24, 2.45) is 20.4 Å². The fraction of sp³-hybridized carbons (Fsp3) is 0.100. The van der Waals surface area contributed by atoms with Crippen molar-refractivity contribution < 1.29 is 16.8 Å². The second kappa shape index (κ2) is 9.87. The van der Waals surface area contributed by atoms with Crippen LogP contribution in [0.25, 0.3) is 12.2 Å². The Morgan fingerprint density at radius 2 is 1.34 bits per heavy atom. The van der Waals surface area contributed by atoms with Crippen molar-refractivity contribution in [3.63, 3.8) is 0 Å². The first-order valence-corrected chi connectivity index (χ1v) is 12.4. The van der Waals surface area contributed by atoms with Crippen LogP contribution in [0.4, 0.5) is 0 Å². The van der Waals surface area contributed by atoms with Crippen LogP contribution in [0.2, 0.25) is 0 Å². The van der Waals surface area contributed by atoms with Gasteiger partial charge < -0.3 is 5.32 Å². The monoisotopic (exact) mass is 474 g/mol. The summed E-state index contributed by atoms with van der Waals surface area (Å²) in [7, 11) is -7.51. The standard InChI is InChI=1S/C20H22N6O4S2/c21-31(27,28)18-9-3-15(4-10-18)1-7-17(25-26-20-23-13-14-24-20)8-2-16-5-11-19(12-6-16)32(22,29)30/h1-12H,13-14H2,(H2,21,27,28)(H2,22,29,30)(H2,23,24,26)/b7-1+,8-2+. The van der Waals surface area contributed by atoms with E-state index in [9.17, 15) is 16.8 Å². The number of hydrogen-bond acceptors (Lipinski definition) is 8. The summed E-state index contributed by atoms with van der Waals surface area (Å²) in [5.74, 6) is 0.555. The summed E-state index contributed by atoms with van der Waals surface area (Å²) in [5, 5.41) is 17.6. The fourth-order valence-electron chi connectivity index (χ4n) is 2.62. The molecule has 0 aliphatic carbocycles. The molecule has 1 heterocycles. The van der Waals surface area contributed by atoms with Crippen LogP contribution in [0, 0.1) is 0 Å². The van der Waals surface area contributed by atoms with E-state index in [-0.39, 0.29) is 9.79 Å². The average Bonchev–Trinajstić information content (AvgIpc) is 3.26. The van der Waals surface area contributed by atoms with Crippen molar-refractivity contribution in [1.29, 1.82) is 0 Å². The van der Waals surface area contributed by atoms with Crippen molar-refractivity contribution in [2.75, 3.05) is 13.1 Å². The lowest BCUT2D eigenvalue weighted by atomic mass is 10.1. The molecule has 0 saturated heterocycles. The maximum absolute atomic E-state index is 11.4. The van der Waals surface area contributed by atoms with Crippen LogP contribution in [-0.4, -0.2) is 41.6 Å². The second-order valence-electron chi connectivity index (χ2n) is 6.70. The largest absolute Gasteiger partial charge is 0.353 e.